The van der Waals surface area contributed by atoms with E-state index in [1.807, 2.05) is 0 Å². The van der Waals surface area contributed by atoms with Gasteiger partial charge < -0.3 is 0 Å². The van der Waals surface area contributed by atoms with Gasteiger partial charge in [0, 0.05) is 32.7 Å². The molecular weight excluding hydrogens is 701 g/mol. The molecule has 0 aliphatic heterocycles. The molecule has 9 aromatic carbocycles. The SMILES string of the molecule is c1ccc(-c2ccc(-c3cc(-c4ccc(-c5c6ccccc6nc6ccccc56)cc4)c4cc(-c5ccc(-c6ccccc6)cc5)c5ccccc5c4n3)cc2)cc1. The van der Waals surface area contributed by atoms with Gasteiger partial charge in [0.15, 0.2) is 0 Å². The average Bonchev–Trinajstić information content (AvgIpc) is 3.31. The van der Waals surface area contributed by atoms with Gasteiger partial charge >= 0.3 is 0 Å². The lowest BCUT2D eigenvalue weighted by Gasteiger charge is -2.17. The highest BCUT2D eigenvalue weighted by molar-refractivity contribution is 6.16. The topological polar surface area (TPSA) is 25.8 Å². The second-order valence-corrected chi connectivity index (χ2v) is 14.9. The Morgan fingerprint density at radius 3 is 1.19 bits per heavy atom. The fourth-order valence-electron chi connectivity index (χ4n) is 8.58. The van der Waals surface area contributed by atoms with E-state index in [0.717, 1.165) is 60.5 Å². The highest BCUT2D eigenvalue weighted by atomic mass is 14.7. The van der Waals surface area contributed by atoms with Gasteiger partial charge in [-0.1, -0.05) is 194 Å². The molecule has 0 atom stereocenters. The number of pyridine rings is 2. The zero-order chi connectivity index (χ0) is 38.4. The van der Waals surface area contributed by atoms with Crippen molar-refractivity contribution in [3.05, 3.63) is 218 Å². The second-order valence-electron chi connectivity index (χ2n) is 14.9. The van der Waals surface area contributed by atoms with E-state index in [1.165, 1.54) is 49.9 Å². The Hall–Kier alpha value is -7.68. The Morgan fingerprint density at radius 1 is 0.241 bits per heavy atom. The molecule has 58 heavy (non-hydrogen) atoms. The summed E-state index contributed by atoms with van der Waals surface area (Å²) in [4.78, 5) is 10.5. The summed E-state index contributed by atoms with van der Waals surface area (Å²) in [7, 11) is 0. The molecule has 270 valence electrons. The molecule has 0 N–H and O–H groups in total. The summed E-state index contributed by atoms with van der Waals surface area (Å²) in [5.74, 6) is 0. The zero-order valence-corrected chi connectivity index (χ0v) is 31.7. The van der Waals surface area contributed by atoms with Crippen LogP contribution in [0.4, 0.5) is 0 Å². The summed E-state index contributed by atoms with van der Waals surface area (Å²) in [6, 6.07) is 78.3. The van der Waals surface area contributed by atoms with Crippen LogP contribution < -0.4 is 0 Å². The highest BCUT2D eigenvalue weighted by Gasteiger charge is 2.17. The number of benzene rings is 9. The predicted molar refractivity (Wildman–Crippen MR) is 245 cm³/mol. The molecule has 0 radical (unpaired) electrons. The lowest BCUT2D eigenvalue weighted by molar-refractivity contribution is 1.41. The van der Waals surface area contributed by atoms with Crippen molar-refractivity contribution in [2.24, 2.45) is 0 Å². The van der Waals surface area contributed by atoms with Gasteiger partial charge in [-0.15, -0.1) is 0 Å². The van der Waals surface area contributed by atoms with Crippen LogP contribution in [0.2, 0.25) is 0 Å². The molecule has 0 bridgehead atoms. The van der Waals surface area contributed by atoms with Crippen LogP contribution in [-0.4, -0.2) is 9.97 Å². The van der Waals surface area contributed by atoms with Crippen molar-refractivity contribution in [1.82, 2.24) is 9.97 Å². The minimum atomic E-state index is 0.947. The maximum absolute atomic E-state index is 5.48. The lowest BCUT2D eigenvalue weighted by Crippen LogP contribution is -1.94. The summed E-state index contributed by atoms with van der Waals surface area (Å²) >= 11 is 0. The van der Waals surface area contributed by atoms with Crippen molar-refractivity contribution in [2.75, 3.05) is 0 Å². The summed E-state index contributed by atoms with van der Waals surface area (Å²) in [6.07, 6.45) is 0. The van der Waals surface area contributed by atoms with E-state index < -0.39 is 0 Å². The Kier molecular flexibility index (Phi) is 8.19. The summed E-state index contributed by atoms with van der Waals surface area (Å²) in [6.45, 7) is 0. The van der Waals surface area contributed by atoms with E-state index in [4.69, 9.17) is 9.97 Å². The van der Waals surface area contributed by atoms with E-state index in [0.29, 0.717) is 0 Å². The van der Waals surface area contributed by atoms with Gasteiger partial charge in [-0.05, 0) is 79.7 Å². The minimum Gasteiger partial charge on any atom is -0.248 e. The maximum atomic E-state index is 5.48. The quantitative estimate of drug-likeness (QED) is 0.125. The number of nitrogens with zero attached hydrogens (tertiary/aromatic N) is 2. The van der Waals surface area contributed by atoms with E-state index in [9.17, 15) is 0 Å². The molecular formula is C56H36N2. The van der Waals surface area contributed by atoms with Gasteiger partial charge in [0.2, 0.25) is 0 Å². The molecule has 0 unspecified atom stereocenters. The van der Waals surface area contributed by atoms with E-state index in [2.05, 4.69) is 218 Å². The third-order valence-corrected chi connectivity index (χ3v) is 11.5. The van der Waals surface area contributed by atoms with Gasteiger partial charge in [-0.2, -0.15) is 0 Å². The summed E-state index contributed by atoms with van der Waals surface area (Å²) in [5.41, 5.74) is 16.9. The first-order valence-corrected chi connectivity index (χ1v) is 19.8. The number of fused-ring (bicyclic) bond motifs is 5. The number of para-hydroxylation sites is 2. The highest BCUT2D eigenvalue weighted by Crippen LogP contribution is 2.42. The van der Waals surface area contributed by atoms with E-state index in [1.54, 1.807) is 0 Å². The van der Waals surface area contributed by atoms with Crippen LogP contribution in [0.1, 0.15) is 0 Å². The molecule has 0 saturated carbocycles. The molecule has 0 saturated heterocycles. The van der Waals surface area contributed by atoms with Crippen molar-refractivity contribution in [2.45, 2.75) is 0 Å². The molecule has 11 rings (SSSR count). The Morgan fingerprint density at radius 2 is 0.638 bits per heavy atom. The molecule has 0 aliphatic rings. The van der Waals surface area contributed by atoms with Crippen molar-refractivity contribution >= 4 is 43.5 Å². The Labute approximate surface area is 337 Å². The molecule has 0 spiro atoms. The standard InChI is InChI=1S/C56H36N2/c1-3-13-37(14-4-1)39-23-27-41(28-24-39)49-35-51-50(42-29-33-44(34-30-42)55-47-19-9-11-21-52(47)57-53-22-12-10-20-48(53)55)36-54(58-56(51)46-18-8-7-17-45(46)49)43-31-25-40(26-32-43)38-15-5-2-6-16-38/h1-36H. The van der Waals surface area contributed by atoms with Crippen LogP contribution in [0.15, 0.2) is 218 Å². The van der Waals surface area contributed by atoms with Crippen molar-refractivity contribution < 1.29 is 0 Å². The first kappa shape index (κ1) is 33.6. The Balaban J connectivity index is 1.11. The van der Waals surface area contributed by atoms with Gasteiger partial charge in [0.05, 0.1) is 22.2 Å². The smallest absolute Gasteiger partial charge is 0.0794 e. The lowest BCUT2D eigenvalue weighted by atomic mass is 9.89. The van der Waals surface area contributed by atoms with E-state index >= 15 is 0 Å². The van der Waals surface area contributed by atoms with Gasteiger partial charge in [-0.3, -0.25) is 0 Å². The molecule has 2 aromatic heterocycles. The molecule has 2 heteroatoms. The molecule has 2 nitrogen and oxygen atoms in total. The van der Waals surface area contributed by atoms with Gasteiger partial charge in [0.25, 0.3) is 0 Å². The van der Waals surface area contributed by atoms with Gasteiger partial charge in [-0.25, -0.2) is 9.97 Å². The van der Waals surface area contributed by atoms with Crippen LogP contribution in [0.25, 0.3) is 110 Å². The molecule has 0 amide bonds. The molecule has 2 heterocycles. The van der Waals surface area contributed by atoms with Crippen LogP contribution in [0, 0.1) is 0 Å². The fourth-order valence-corrected chi connectivity index (χ4v) is 8.58. The number of hydrogen-bond donors (Lipinski definition) is 0. The van der Waals surface area contributed by atoms with Crippen LogP contribution in [-0.2, 0) is 0 Å². The largest absolute Gasteiger partial charge is 0.248 e. The van der Waals surface area contributed by atoms with Crippen molar-refractivity contribution in [3.63, 3.8) is 0 Å². The fraction of sp³-hybridized carbons (Fsp3) is 0. The second kappa shape index (κ2) is 14.1. The monoisotopic (exact) mass is 736 g/mol. The van der Waals surface area contributed by atoms with Gasteiger partial charge in [0.1, 0.15) is 0 Å². The number of aromatic nitrogens is 2. The third-order valence-electron chi connectivity index (χ3n) is 11.5. The van der Waals surface area contributed by atoms with Crippen LogP contribution in [0.5, 0.6) is 0 Å². The zero-order valence-electron chi connectivity index (χ0n) is 31.7. The maximum Gasteiger partial charge on any atom is 0.0794 e. The summed E-state index contributed by atoms with van der Waals surface area (Å²) in [5, 5.41) is 5.75. The Bertz CT molecular complexity index is 3230. The normalized spacial score (nSPS) is 11.4. The molecule has 11 aromatic rings. The van der Waals surface area contributed by atoms with E-state index in [-0.39, 0.29) is 0 Å². The summed E-state index contributed by atoms with van der Waals surface area (Å²) < 4.78 is 0. The predicted octanol–water partition coefficient (Wildman–Crippen LogP) is 15.1. The molecule has 0 fully saturated rings. The number of hydrogen-bond acceptors (Lipinski definition) is 2. The first-order chi connectivity index (χ1) is 28.7. The van der Waals surface area contributed by atoms with Crippen molar-refractivity contribution in [1.29, 1.82) is 0 Å². The third kappa shape index (κ3) is 5.91. The first-order valence-electron chi connectivity index (χ1n) is 19.8. The van der Waals surface area contributed by atoms with Crippen LogP contribution >= 0.6 is 0 Å². The minimum absolute atomic E-state index is 0.947. The van der Waals surface area contributed by atoms with Crippen LogP contribution in [0.3, 0.4) is 0 Å². The average molecular weight is 737 g/mol. The van der Waals surface area contributed by atoms with Crippen molar-refractivity contribution in [3.8, 4) is 66.9 Å². The number of rotatable bonds is 6. The molecule has 0 aliphatic carbocycles.